The Labute approximate surface area is 270 Å². The molecule has 5 aromatic rings. The third kappa shape index (κ3) is 6.65. The summed E-state index contributed by atoms with van der Waals surface area (Å²) in [5, 5.41) is 12.4. The third-order valence-electron chi connectivity index (χ3n) is 7.58. The molecule has 0 aliphatic carbocycles. The Hall–Kier alpha value is -4.94. The van der Waals surface area contributed by atoms with Gasteiger partial charge in [0.1, 0.15) is 11.6 Å². The second kappa shape index (κ2) is 12.7. The molecular weight excluding hydrogens is 631 g/mol. The first-order valence-electron chi connectivity index (χ1n) is 14.4. The van der Waals surface area contributed by atoms with E-state index >= 15 is 4.39 Å². The molecular formula is C35H32F3N3O5S. The molecule has 1 amide bonds. The van der Waals surface area contributed by atoms with Crippen molar-refractivity contribution in [3.8, 4) is 28.0 Å². The van der Waals surface area contributed by atoms with E-state index in [0.29, 0.717) is 17.2 Å². The highest BCUT2D eigenvalue weighted by atomic mass is 32.2. The fraction of sp³-hybridized carbons (Fsp3) is 0.200. The van der Waals surface area contributed by atoms with Gasteiger partial charge in [-0.3, -0.25) is 4.79 Å². The van der Waals surface area contributed by atoms with Crippen LogP contribution in [0, 0.1) is 24.4 Å². The van der Waals surface area contributed by atoms with E-state index in [1.807, 2.05) is 6.92 Å². The van der Waals surface area contributed by atoms with Gasteiger partial charge in [-0.25, -0.2) is 30.5 Å². The van der Waals surface area contributed by atoms with Crippen LogP contribution in [-0.2, 0) is 14.8 Å². The van der Waals surface area contributed by atoms with E-state index in [2.05, 4.69) is 10.3 Å². The van der Waals surface area contributed by atoms with E-state index in [-0.39, 0.29) is 50.5 Å². The van der Waals surface area contributed by atoms with Crippen LogP contribution in [-0.4, -0.2) is 47.6 Å². The number of pyridine rings is 1. The highest BCUT2D eigenvalue weighted by Crippen LogP contribution is 2.40. The van der Waals surface area contributed by atoms with Crippen molar-refractivity contribution in [1.29, 1.82) is 0 Å². The Balaban J connectivity index is 1.71. The normalized spacial score (nSPS) is 12.4. The number of hydrogen-bond acceptors (Lipinski definition) is 6. The zero-order valence-electron chi connectivity index (χ0n) is 26.2. The summed E-state index contributed by atoms with van der Waals surface area (Å²) in [7, 11) is -3.05. The summed E-state index contributed by atoms with van der Waals surface area (Å²) in [6, 6.07) is 13.5. The van der Waals surface area contributed by atoms with E-state index in [0.717, 1.165) is 15.6 Å². The first-order chi connectivity index (χ1) is 22.1. The smallest absolute Gasteiger partial charge is 0.269 e. The van der Waals surface area contributed by atoms with Gasteiger partial charge in [0.2, 0.25) is 5.91 Å². The SMILES string of the molecule is COc1c(F)cc(F)cc1-c1cn(S(=O)(=O)c2ccc(C)cc2)c2ncc(-c3cc(C=C(C)C(=O)NC(C)(C)CO)ccc3F)cc12. The number of methoxy groups -OCH3 is 1. The average molecular weight is 664 g/mol. The number of rotatable bonds is 9. The molecule has 0 saturated heterocycles. The first-order valence-corrected chi connectivity index (χ1v) is 15.9. The van der Waals surface area contributed by atoms with Crippen LogP contribution in [0.25, 0.3) is 39.4 Å². The number of aliphatic hydroxyl groups is 1. The van der Waals surface area contributed by atoms with Gasteiger partial charge in [-0.15, -0.1) is 0 Å². The minimum Gasteiger partial charge on any atom is -0.493 e. The molecule has 47 heavy (non-hydrogen) atoms. The van der Waals surface area contributed by atoms with Gasteiger partial charge in [0.05, 0.1) is 24.2 Å². The number of hydrogen-bond donors (Lipinski definition) is 2. The molecule has 5 rings (SSSR count). The number of ether oxygens (including phenoxy) is 1. The van der Waals surface area contributed by atoms with Gasteiger partial charge in [0.15, 0.2) is 17.2 Å². The fourth-order valence-corrected chi connectivity index (χ4v) is 6.36. The summed E-state index contributed by atoms with van der Waals surface area (Å²) in [5.41, 5.74) is 1.02. The van der Waals surface area contributed by atoms with Gasteiger partial charge >= 0.3 is 0 Å². The Morgan fingerprint density at radius 1 is 1.00 bits per heavy atom. The van der Waals surface area contributed by atoms with Crippen LogP contribution in [0.3, 0.4) is 0 Å². The van der Waals surface area contributed by atoms with Crippen LogP contribution in [0.4, 0.5) is 13.2 Å². The molecule has 0 aliphatic rings. The molecule has 12 heteroatoms. The van der Waals surface area contributed by atoms with Crippen molar-refractivity contribution < 1.29 is 36.2 Å². The summed E-state index contributed by atoms with van der Waals surface area (Å²) in [6.07, 6.45) is 4.05. The Kier molecular flexibility index (Phi) is 9.02. The van der Waals surface area contributed by atoms with Crippen LogP contribution >= 0.6 is 0 Å². The predicted molar refractivity (Wildman–Crippen MR) is 174 cm³/mol. The molecule has 0 atom stereocenters. The van der Waals surface area contributed by atoms with E-state index < -0.39 is 38.9 Å². The lowest BCUT2D eigenvalue weighted by Crippen LogP contribution is -2.46. The molecule has 0 aliphatic heterocycles. The van der Waals surface area contributed by atoms with Gasteiger partial charge in [-0.2, -0.15) is 0 Å². The van der Waals surface area contributed by atoms with E-state index in [1.165, 1.54) is 55.9 Å². The quantitative estimate of drug-likeness (QED) is 0.171. The Morgan fingerprint density at radius 2 is 1.70 bits per heavy atom. The van der Waals surface area contributed by atoms with E-state index in [4.69, 9.17) is 4.74 Å². The van der Waals surface area contributed by atoms with Crippen molar-refractivity contribution in [2.24, 2.45) is 0 Å². The van der Waals surface area contributed by atoms with Crippen LogP contribution in [0.15, 0.2) is 83.5 Å². The number of halogens is 3. The number of nitrogens with zero attached hydrogens (tertiary/aromatic N) is 2. The standard InChI is InChI=1S/C35H32F3N3O5S/c1-20-6-9-25(10-7-20)47(44,45)41-18-29(27-15-24(36)16-31(38)32(27)46-5)28-14-23(17-39-33(28)41)26-13-22(8-11-30(26)37)12-21(2)34(43)40-35(3,4)19-42/h6-18,42H,19H2,1-5H3,(H,40,43). The van der Waals surface area contributed by atoms with Gasteiger partial charge in [0, 0.05) is 51.7 Å². The summed E-state index contributed by atoms with van der Waals surface area (Å²) in [6.45, 7) is 6.45. The molecule has 2 aromatic heterocycles. The van der Waals surface area contributed by atoms with Crippen molar-refractivity contribution in [3.63, 3.8) is 0 Å². The lowest BCUT2D eigenvalue weighted by molar-refractivity contribution is -0.119. The Morgan fingerprint density at radius 3 is 2.36 bits per heavy atom. The van der Waals surface area contributed by atoms with E-state index in [9.17, 15) is 27.1 Å². The maximum atomic E-state index is 15.3. The molecule has 8 nitrogen and oxygen atoms in total. The summed E-state index contributed by atoms with van der Waals surface area (Å²) >= 11 is 0. The minimum atomic E-state index is -4.25. The van der Waals surface area contributed by atoms with Crippen molar-refractivity contribution in [1.82, 2.24) is 14.3 Å². The fourth-order valence-electron chi connectivity index (χ4n) is 5.03. The lowest BCUT2D eigenvalue weighted by Gasteiger charge is -2.23. The molecule has 2 N–H and O–H groups in total. The van der Waals surface area contributed by atoms with Gasteiger partial charge in [0.25, 0.3) is 10.0 Å². The number of amides is 1. The van der Waals surface area contributed by atoms with Crippen molar-refractivity contribution >= 4 is 33.0 Å². The number of aliphatic hydroxyl groups excluding tert-OH is 1. The predicted octanol–water partition coefficient (Wildman–Crippen LogP) is 6.63. The number of carbonyl (C=O) groups is 1. The highest BCUT2D eigenvalue weighted by molar-refractivity contribution is 7.90. The average Bonchev–Trinajstić information content (AvgIpc) is 3.41. The first kappa shape index (κ1) is 33.4. The second-order valence-corrected chi connectivity index (χ2v) is 13.6. The molecule has 244 valence electrons. The molecule has 0 saturated carbocycles. The molecule has 0 fully saturated rings. The molecule has 0 bridgehead atoms. The maximum absolute atomic E-state index is 15.3. The van der Waals surface area contributed by atoms with Crippen LogP contribution < -0.4 is 10.1 Å². The zero-order chi connectivity index (χ0) is 34.3. The Bertz CT molecular complexity index is 2160. The molecule has 2 heterocycles. The summed E-state index contributed by atoms with van der Waals surface area (Å²) in [4.78, 5) is 17.0. The summed E-state index contributed by atoms with van der Waals surface area (Å²) < 4.78 is 78.6. The largest absolute Gasteiger partial charge is 0.493 e. The minimum absolute atomic E-state index is 0.0397. The third-order valence-corrected chi connectivity index (χ3v) is 9.25. The monoisotopic (exact) mass is 663 g/mol. The highest BCUT2D eigenvalue weighted by Gasteiger charge is 2.26. The second-order valence-electron chi connectivity index (χ2n) is 11.8. The van der Waals surface area contributed by atoms with E-state index in [1.54, 1.807) is 39.0 Å². The van der Waals surface area contributed by atoms with Gasteiger partial charge in [-0.1, -0.05) is 23.8 Å². The number of nitrogens with one attached hydrogen (secondary N) is 1. The zero-order valence-corrected chi connectivity index (χ0v) is 27.0. The molecule has 0 spiro atoms. The number of aryl methyl sites for hydroxylation is 1. The topological polar surface area (TPSA) is 111 Å². The van der Waals surface area contributed by atoms with Gasteiger partial charge < -0.3 is 15.2 Å². The number of carbonyl (C=O) groups excluding carboxylic acids is 1. The molecule has 3 aromatic carbocycles. The maximum Gasteiger partial charge on any atom is 0.269 e. The van der Waals surface area contributed by atoms with Crippen LogP contribution in [0.5, 0.6) is 5.75 Å². The lowest BCUT2D eigenvalue weighted by atomic mass is 9.99. The number of fused-ring (bicyclic) bond motifs is 1. The number of benzene rings is 3. The van der Waals surface area contributed by atoms with Crippen molar-refractivity contribution in [2.45, 2.75) is 38.1 Å². The van der Waals surface area contributed by atoms with Crippen molar-refractivity contribution in [3.05, 3.63) is 107 Å². The van der Waals surface area contributed by atoms with Crippen molar-refractivity contribution in [2.75, 3.05) is 13.7 Å². The van der Waals surface area contributed by atoms with Gasteiger partial charge in [-0.05, 0) is 75.7 Å². The number of aromatic nitrogens is 2. The summed E-state index contributed by atoms with van der Waals surface area (Å²) in [5.74, 6) is -3.29. The molecule has 0 radical (unpaired) electrons. The van der Waals surface area contributed by atoms with Crippen LogP contribution in [0.2, 0.25) is 0 Å². The van der Waals surface area contributed by atoms with Crippen LogP contribution in [0.1, 0.15) is 31.9 Å². The molecule has 0 unspecified atom stereocenters.